The number of benzene rings is 1. The van der Waals surface area contributed by atoms with Gasteiger partial charge in [-0.05, 0) is 25.5 Å². The molecule has 15 heavy (non-hydrogen) atoms. The van der Waals surface area contributed by atoms with E-state index in [4.69, 9.17) is 0 Å². The Balaban J connectivity index is 2.48. The Hall–Kier alpha value is -0.670. The molecule has 0 saturated carbocycles. The molecule has 1 aromatic carbocycles. The Morgan fingerprint density at radius 3 is 2.80 bits per heavy atom. The van der Waals surface area contributed by atoms with Crippen molar-refractivity contribution >= 4 is 27.3 Å². The van der Waals surface area contributed by atoms with Gasteiger partial charge in [-0.1, -0.05) is 33.6 Å². The summed E-state index contributed by atoms with van der Waals surface area (Å²) in [7, 11) is 0. The van der Waals surface area contributed by atoms with E-state index in [-0.39, 0.29) is 0 Å². The minimum atomic E-state index is 0.836. The number of nitrogens with zero attached hydrogens (tertiary/aromatic N) is 1. The Kier molecular flexibility index (Phi) is 3.22. The SMILES string of the molecule is Cc1ccc(C)c(-c2csc(CBr)n2)c1. The van der Waals surface area contributed by atoms with Crippen LogP contribution in [0.4, 0.5) is 0 Å². The van der Waals surface area contributed by atoms with Crippen molar-refractivity contribution < 1.29 is 0 Å². The topological polar surface area (TPSA) is 12.9 Å². The standard InChI is InChI=1S/C12H12BrNS/c1-8-3-4-9(2)10(5-8)11-7-15-12(6-13)14-11/h3-5,7H,6H2,1-2H3. The molecule has 78 valence electrons. The normalized spacial score (nSPS) is 10.6. The Bertz CT molecular complexity index is 476. The van der Waals surface area contributed by atoms with Crippen LogP contribution in [0.3, 0.4) is 0 Å². The van der Waals surface area contributed by atoms with E-state index in [1.54, 1.807) is 11.3 Å². The molecule has 0 amide bonds. The number of thiazole rings is 1. The van der Waals surface area contributed by atoms with Gasteiger partial charge in [0.25, 0.3) is 0 Å². The zero-order valence-electron chi connectivity index (χ0n) is 8.75. The van der Waals surface area contributed by atoms with Gasteiger partial charge in [-0.3, -0.25) is 0 Å². The summed E-state index contributed by atoms with van der Waals surface area (Å²) in [6.45, 7) is 4.24. The van der Waals surface area contributed by atoms with Gasteiger partial charge in [-0.25, -0.2) is 4.98 Å². The molecule has 0 aliphatic heterocycles. The predicted molar refractivity (Wildman–Crippen MR) is 69.7 cm³/mol. The molecule has 2 aromatic rings. The summed E-state index contributed by atoms with van der Waals surface area (Å²) in [6.07, 6.45) is 0. The first-order valence-corrected chi connectivity index (χ1v) is 6.79. The minimum absolute atomic E-state index is 0.836. The number of halogens is 1. The van der Waals surface area contributed by atoms with Gasteiger partial charge in [0.15, 0.2) is 0 Å². The van der Waals surface area contributed by atoms with Crippen LogP contribution in [0.2, 0.25) is 0 Å². The van der Waals surface area contributed by atoms with E-state index in [1.807, 2.05) is 0 Å². The van der Waals surface area contributed by atoms with E-state index in [1.165, 1.54) is 16.7 Å². The fourth-order valence-electron chi connectivity index (χ4n) is 1.51. The molecule has 0 fully saturated rings. The van der Waals surface area contributed by atoms with E-state index in [9.17, 15) is 0 Å². The first-order chi connectivity index (χ1) is 7.20. The van der Waals surface area contributed by atoms with Crippen LogP contribution in [0.15, 0.2) is 23.6 Å². The highest BCUT2D eigenvalue weighted by atomic mass is 79.9. The molecular formula is C12H12BrNS. The molecule has 0 radical (unpaired) electrons. The minimum Gasteiger partial charge on any atom is -0.240 e. The van der Waals surface area contributed by atoms with Gasteiger partial charge in [-0.2, -0.15) is 0 Å². The fraction of sp³-hybridized carbons (Fsp3) is 0.250. The molecule has 1 aromatic heterocycles. The van der Waals surface area contributed by atoms with Crippen LogP contribution in [0, 0.1) is 13.8 Å². The van der Waals surface area contributed by atoms with E-state index in [0.29, 0.717) is 0 Å². The van der Waals surface area contributed by atoms with E-state index < -0.39 is 0 Å². The van der Waals surface area contributed by atoms with Crippen LogP contribution in [-0.2, 0) is 5.33 Å². The summed E-state index contributed by atoms with van der Waals surface area (Å²) in [6, 6.07) is 6.48. The van der Waals surface area contributed by atoms with Crippen LogP contribution in [0.5, 0.6) is 0 Å². The Labute approximate surface area is 102 Å². The maximum absolute atomic E-state index is 4.57. The quantitative estimate of drug-likeness (QED) is 0.747. The number of alkyl halides is 1. The summed E-state index contributed by atoms with van der Waals surface area (Å²) >= 11 is 5.13. The van der Waals surface area contributed by atoms with Crippen LogP contribution >= 0.6 is 27.3 Å². The summed E-state index contributed by atoms with van der Waals surface area (Å²) in [5, 5.41) is 4.09. The second-order valence-electron chi connectivity index (χ2n) is 3.58. The van der Waals surface area contributed by atoms with Crippen molar-refractivity contribution in [2.75, 3.05) is 0 Å². The number of hydrogen-bond donors (Lipinski definition) is 0. The van der Waals surface area contributed by atoms with Gasteiger partial charge in [0.1, 0.15) is 5.01 Å². The Morgan fingerprint density at radius 1 is 1.33 bits per heavy atom. The van der Waals surface area contributed by atoms with Crippen molar-refractivity contribution in [2.24, 2.45) is 0 Å². The zero-order valence-corrected chi connectivity index (χ0v) is 11.2. The lowest BCUT2D eigenvalue weighted by Gasteiger charge is -2.03. The van der Waals surface area contributed by atoms with E-state index >= 15 is 0 Å². The predicted octanol–water partition coefficient (Wildman–Crippen LogP) is 4.32. The monoisotopic (exact) mass is 281 g/mol. The number of rotatable bonds is 2. The van der Waals surface area contributed by atoms with Gasteiger partial charge in [0, 0.05) is 10.9 Å². The van der Waals surface area contributed by atoms with Gasteiger partial charge < -0.3 is 0 Å². The first kappa shape index (κ1) is 10.8. The molecule has 0 bridgehead atoms. The molecule has 3 heteroatoms. The molecule has 0 N–H and O–H groups in total. The molecule has 1 heterocycles. The van der Waals surface area contributed by atoms with Crippen LogP contribution in [0.25, 0.3) is 11.3 Å². The molecule has 0 atom stereocenters. The lowest BCUT2D eigenvalue weighted by Crippen LogP contribution is -1.85. The molecule has 0 saturated heterocycles. The lowest BCUT2D eigenvalue weighted by molar-refractivity contribution is 1.26. The molecule has 0 spiro atoms. The molecule has 0 aliphatic carbocycles. The largest absolute Gasteiger partial charge is 0.240 e. The third-order valence-corrected chi connectivity index (χ3v) is 4.09. The molecule has 2 rings (SSSR count). The maximum Gasteiger partial charge on any atom is 0.104 e. The molecular weight excluding hydrogens is 270 g/mol. The van der Waals surface area contributed by atoms with Crippen molar-refractivity contribution in [3.8, 4) is 11.3 Å². The number of hydrogen-bond acceptors (Lipinski definition) is 2. The summed E-state index contributed by atoms with van der Waals surface area (Å²) in [5.74, 6) is 0. The van der Waals surface area contributed by atoms with Crippen molar-refractivity contribution in [3.05, 3.63) is 39.7 Å². The van der Waals surface area contributed by atoms with Crippen molar-refractivity contribution in [2.45, 2.75) is 19.2 Å². The highest BCUT2D eigenvalue weighted by Gasteiger charge is 2.06. The van der Waals surface area contributed by atoms with Crippen LogP contribution < -0.4 is 0 Å². The average Bonchev–Trinajstić information content (AvgIpc) is 2.70. The van der Waals surface area contributed by atoms with Crippen molar-refractivity contribution in [3.63, 3.8) is 0 Å². The molecule has 1 nitrogen and oxygen atoms in total. The van der Waals surface area contributed by atoms with Gasteiger partial charge in [0.2, 0.25) is 0 Å². The van der Waals surface area contributed by atoms with Crippen LogP contribution in [-0.4, -0.2) is 4.98 Å². The zero-order chi connectivity index (χ0) is 10.8. The van der Waals surface area contributed by atoms with Crippen molar-refractivity contribution in [1.29, 1.82) is 0 Å². The highest BCUT2D eigenvalue weighted by molar-refractivity contribution is 9.08. The van der Waals surface area contributed by atoms with E-state index in [2.05, 4.69) is 58.3 Å². The lowest BCUT2D eigenvalue weighted by atomic mass is 10.0. The third kappa shape index (κ3) is 2.29. The average molecular weight is 282 g/mol. The van der Waals surface area contributed by atoms with Crippen molar-refractivity contribution in [1.82, 2.24) is 4.98 Å². The second kappa shape index (κ2) is 4.45. The Morgan fingerprint density at radius 2 is 2.13 bits per heavy atom. The smallest absolute Gasteiger partial charge is 0.104 e. The van der Waals surface area contributed by atoms with Crippen LogP contribution in [0.1, 0.15) is 16.1 Å². The number of aromatic nitrogens is 1. The number of aryl methyl sites for hydroxylation is 2. The van der Waals surface area contributed by atoms with Gasteiger partial charge >= 0.3 is 0 Å². The summed E-state index contributed by atoms with van der Waals surface area (Å²) < 4.78 is 0. The second-order valence-corrected chi connectivity index (χ2v) is 5.08. The third-order valence-electron chi connectivity index (χ3n) is 2.34. The van der Waals surface area contributed by atoms with Gasteiger partial charge in [0.05, 0.1) is 11.0 Å². The molecule has 0 aliphatic rings. The molecule has 0 unspecified atom stereocenters. The first-order valence-electron chi connectivity index (χ1n) is 4.78. The summed E-state index contributed by atoms with van der Waals surface area (Å²) in [5.41, 5.74) is 4.91. The van der Waals surface area contributed by atoms with Gasteiger partial charge in [-0.15, -0.1) is 11.3 Å². The fourth-order valence-corrected chi connectivity index (χ4v) is 2.67. The summed E-state index contributed by atoms with van der Waals surface area (Å²) in [4.78, 5) is 4.57. The van der Waals surface area contributed by atoms with E-state index in [0.717, 1.165) is 16.0 Å². The highest BCUT2D eigenvalue weighted by Crippen LogP contribution is 2.26. The maximum atomic E-state index is 4.57.